The number of thioether (sulfide) groups is 1. The molecule has 248 valence electrons. The van der Waals surface area contributed by atoms with Crippen LogP contribution >= 0.6 is 11.8 Å². The zero-order valence-electron chi connectivity index (χ0n) is 24.0. The van der Waals surface area contributed by atoms with Crippen molar-refractivity contribution < 1.29 is 63.9 Å². The van der Waals surface area contributed by atoms with Gasteiger partial charge in [0.1, 0.15) is 42.7 Å². The lowest BCUT2D eigenvalue weighted by Crippen LogP contribution is -2.64. The van der Waals surface area contributed by atoms with Gasteiger partial charge in [-0.1, -0.05) is 6.42 Å². The van der Waals surface area contributed by atoms with Crippen molar-refractivity contribution in [1.29, 1.82) is 0 Å². The van der Waals surface area contributed by atoms with Gasteiger partial charge in [0, 0.05) is 24.0 Å². The highest BCUT2D eigenvalue weighted by molar-refractivity contribution is 8.00. The molecule has 3 amide bonds. The second-order valence-corrected chi connectivity index (χ2v) is 12.5. The molecule has 13 atom stereocenters. The molecule has 0 aromatic heterocycles. The largest absolute Gasteiger partial charge is 0.394 e. The Labute approximate surface area is 253 Å². The molecule has 4 rings (SSSR count). The van der Waals surface area contributed by atoms with Crippen LogP contribution in [0.1, 0.15) is 32.6 Å². The maximum Gasteiger partial charge on any atom is 0.315 e. The minimum absolute atomic E-state index is 0.0394. The number of fused-ring (bicyclic) bond motifs is 1. The summed E-state index contributed by atoms with van der Waals surface area (Å²) in [6, 6.07) is 0.250. The Kier molecular flexibility index (Phi) is 13.1. The quantitative estimate of drug-likeness (QED) is 0.0625. The number of hydrogen-bond acceptors (Lipinski definition) is 14. The fraction of sp³-hybridized carbons (Fsp3) is 0.923. The van der Waals surface area contributed by atoms with Crippen LogP contribution in [0.3, 0.4) is 0 Å². The molecule has 0 spiro atoms. The first-order valence-corrected chi connectivity index (χ1v) is 15.8. The zero-order chi connectivity index (χ0) is 31.1. The van der Waals surface area contributed by atoms with Crippen LogP contribution in [0, 0.1) is 0 Å². The van der Waals surface area contributed by atoms with E-state index >= 15 is 0 Å². The van der Waals surface area contributed by atoms with E-state index in [9.17, 15) is 40.2 Å². The lowest BCUT2D eigenvalue weighted by molar-refractivity contribution is -0.365. The van der Waals surface area contributed by atoms with E-state index in [0.717, 1.165) is 25.0 Å². The van der Waals surface area contributed by atoms with Crippen molar-refractivity contribution in [1.82, 2.24) is 16.0 Å². The van der Waals surface area contributed by atoms with Crippen molar-refractivity contribution in [2.45, 2.75) is 111 Å². The number of unbranched alkanes of at least 4 members (excludes halogenated alkanes) is 1. The van der Waals surface area contributed by atoms with Crippen LogP contribution in [0.5, 0.6) is 0 Å². The van der Waals surface area contributed by atoms with E-state index in [0.29, 0.717) is 18.2 Å². The smallest absolute Gasteiger partial charge is 0.315 e. The summed E-state index contributed by atoms with van der Waals surface area (Å²) in [5.41, 5.74) is 0. The molecule has 17 heteroatoms. The molecule has 4 aliphatic rings. The third kappa shape index (κ3) is 8.89. The number of aliphatic hydroxyl groups is 6. The monoisotopic (exact) mass is 639 g/mol. The highest BCUT2D eigenvalue weighted by Crippen LogP contribution is 2.33. The van der Waals surface area contributed by atoms with Crippen LogP contribution in [-0.2, 0) is 28.5 Å². The first-order chi connectivity index (χ1) is 20.6. The maximum atomic E-state index is 12.1. The van der Waals surface area contributed by atoms with Crippen LogP contribution in [0.4, 0.5) is 4.79 Å². The Morgan fingerprint density at radius 3 is 2.53 bits per heavy atom. The molecule has 4 saturated heterocycles. The summed E-state index contributed by atoms with van der Waals surface area (Å²) < 4.78 is 27.8. The first-order valence-electron chi connectivity index (χ1n) is 14.7. The van der Waals surface area contributed by atoms with Crippen LogP contribution in [0.2, 0.25) is 0 Å². The van der Waals surface area contributed by atoms with Crippen molar-refractivity contribution >= 4 is 23.7 Å². The van der Waals surface area contributed by atoms with Gasteiger partial charge in [-0.15, -0.1) is 0 Å². The summed E-state index contributed by atoms with van der Waals surface area (Å²) in [5, 5.41) is 69.7. The molecule has 4 aliphatic heterocycles. The van der Waals surface area contributed by atoms with Gasteiger partial charge < -0.3 is 70.3 Å². The summed E-state index contributed by atoms with van der Waals surface area (Å²) >= 11 is 1.85. The lowest BCUT2D eigenvalue weighted by atomic mass is 9.97. The van der Waals surface area contributed by atoms with Gasteiger partial charge in [0.15, 0.2) is 12.6 Å². The minimum atomic E-state index is -1.65. The van der Waals surface area contributed by atoms with Crippen molar-refractivity contribution in [2.24, 2.45) is 0 Å². The summed E-state index contributed by atoms with van der Waals surface area (Å²) in [4.78, 5) is 23.6. The molecule has 0 aromatic carbocycles. The number of carbonyl (C=O) groups is 2. The van der Waals surface area contributed by atoms with E-state index in [1.165, 1.54) is 6.92 Å². The van der Waals surface area contributed by atoms with Crippen LogP contribution in [0.15, 0.2) is 0 Å². The summed E-state index contributed by atoms with van der Waals surface area (Å²) in [6.07, 6.45) is -11.0. The van der Waals surface area contributed by atoms with Gasteiger partial charge in [-0.25, -0.2) is 4.79 Å². The average molecular weight is 640 g/mol. The number of urea groups is 1. The van der Waals surface area contributed by atoms with Crippen molar-refractivity contribution in [3.8, 4) is 0 Å². The number of nitrogens with one attached hydrogen (secondary N) is 3. The van der Waals surface area contributed by atoms with E-state index in [1.54, 1.807) is 0 Å². The number of amides is 3. The molecular weight excluding hydrogens is 594 g/mol. The third-order valence-corrected chi connectivity index (χ3v) is 9.59. The Morgan fingerprint density at radius 1 is 0.977 bits per heavy atom. The predicted molar refractivity (Wildman–Crippen MR) is 149 cm³/mol. The second kappa shape index (κ2) is 16.3. The predicted octanol–water partition coefficient (Wildman–Crippen LogP) is -3.49. The highest BCUT2D eigenvalue weighted by atomic mass is 32.2. The molecule has 0 radical (unpaired) electrons. The molecule has 0 aromatic rings. The fourth-order valence-corrected chi connectivity index (χ4v) is 7.11. The number of aliphatic hydroxyl groups excluding tert-OH is 6. The maximum absolute atomic E-state index is 12.1. The molecular formula is C26H45N3O13S. The Morgan fingerprint density at radius 2 is 1.77 bits per heavy atom. The van der Waals surface area contributed by atoms with E-state index in [2.05, 4.69) is 16.0 Å². The van der Waals surface area contributed by atoms with E-state index in [1.807, 2.05) is 11.8 Å². The van der Waals surface area contributed by atoms with Crippen LogP contribution in [-0.4, -0.2) is 160 Å². The van der Waals surface area contributed by atoms with E-state index < -0.39 is 68.0 Å². The van der Waals surface area contributed by atoms with Crippen molar-refractivity contribution in [3.05, 3.63) is 0 Å². The van der Waals surface area contributed by atoms with Gasteiger partial charge in [0.25, 0.3) is 0 Å². The molecule has 9 N–H and O–H groups in total. The summed E-state index contributed by atoms with van der Waals surface area (Å²) in [6.45, 7) is 1.42. The average Bonchev–Trinajstić information content (AvgIpc) is 3.54. The Balaban J connectivity index is 1.10. The van der Waals surface area contributed by atoms with Crippen LogP contribution < -0.4 is 16.0 Å². The zero-order valence-corrected chi connectivity index (χ0v) is 24.8. The number of carbonyl (C=O) groups excluding carboxylic acids is 2. The molecule has 4 heterocycles. The van der Waals surface area contributed by atoms with Gasteiger partial charge in [-0.2, -0.15) is 11.8 Å². The van der Waals surface area contributed by atoms with Gasteiger partial charge >= 0.3 is 6.03 Å². The normalized spacial score (nSPS) is 41.0. The molecule has 43 heavy (non-hydrogen) atoms. The molecule has 4 fully saturated rings. The van der Waals surface area contributed by atoms with Crippen molar-refractivity contribution in [3.63, 3.8) is 0 Å². The lowest BCUT2D eigenvalue weighted by Gasteiger charge is -2.45. The molecule has 0 saturated carbocycles. The van der Waals surface area contributed by atoms with Gasteiger partial charge in [0.2, 0.25) is 5.91 Å². The van der Waals surface area contributed by atoms with E-state index in [4.69, 9.17) is 23.7 Å². The molecule has 0 unspecified atom stereocenters. The number of rotatable bonds is 15. The van der Waals surface area contributed by atoms with Crippen molar-refractivity contribution in [2.75, 3.05) is 38.7 Å². The number of hydrogen-bond donors (Lipinski definition) is 9. The Bertz CT molecular complexity index is 908. The summed E-state index contributed by atoms with van der Waals surface area (Å²) in [5.74, 6) is 0.830. The van der Waals surface area contributed by atoms with Gasteiger partial charge in [-0.3, -0.25) is 4.79 Å². The molecule has 0 aliphatic carbocycles. The molecule has 0 bridgehead atoms. The second-order valence-electron chi connectivity index (χ2n) is 11.2. The van der Waals surface area contributed by atoms with Gasteiger partial charge in [-0.05, 0) is 19.8 Å². The SMILES string of the molecule is C[C@@H]1O[C@@H](O[C@H]2[C@H](OCCOCCNC(=O)CCCC[C@@H]3SC[C@H]4NC(=O)N[C@@H]34)O[C@H](CO)[C@H](O)[C@@H]2O)[C@@H](O)[C@H](O)[C@@H]1O. The number of ether oxygens (including phenoxy) is 5. The highest BCUT2D eigenvalue weighted by Gasteiger charge is 2.50. The first kappa shape index (κ1) is 34.5. The molecule has 16 nitrogen and oxygen atoms in total. The summed E-state index contributed by atoms with van der Waals surface area (Å²) in [7, 11) is 0. The van der Waals surface area contributed by atoms with Gasteiger partial charge in [0.05, 0.1) is 44.6 Å². The third-order valence-electron chi connectivity index (χ3n) is 8.08. The van der Waals surface area contributed by atoms with Crippen LogP contribution in [0.25, 0.3) is 0 Å². The fourth-order valence-electron chi connectivity index (χ4n) is 5.57. The standard InChI is InChI=1S/C26H45N3O13S/c1-12-18(32)20(34)22(36)24(40-12)42-23-21(35)19(33)14(10-30)41-25(23)39-9-8-38-7-6-27-16(31)5-3-2-4-15-17-13(11-43-15)28-26(37)29-17/h12-15,17-25,30,32-36H,2-11H2,1H3,(H,27,31)(H2,28,29,37)/t12-,13+,14+,15-,17+,18+,19-,20+,21-,22-,23+,24-,25+/m0/s1. The topological polar surface area (TPSA) is 238 Å². The Hall–Kier alpha value is -1.35. The van der Waals surface area contributed by atoms with E-state index in [-0.39, 0.29) is 43.8 Å². The minimum Gasteiger partial charge on any atom is -0.394 e.